The Hall–Kier alpha value is -0.610. The van der Waals surface area contributed by atoms with Crippen LogP contribution in [-0.2, 0) is 6.61 Å². The molecule has 0 spiro atoms. The van der Waals surface area contributed by atoms with Crippen LogP contribution >= 0.6 is 15.9 Å². The number of halogens is 2. The van der Waals surface area contributed by atoms with Gasteiger partial charge in [0.2, 0.25) is 0 Å². The van der Waals surface area contributed by atoms with Crippen molar-refractivity contribution in [3.8, 4) is 5.75 Å². The molecule has 0 aliphatic heterocycles. The van der Waals surface area contributed by atoms with Gasteiger partial charge in [-0.05, 0) is 17.7 Å². The molecule has 0 heterocycles. The van der Waals surface area contributed by atoms with E-state index in [0.717, 1.165) is 0 Å². The molecule has 0 unspecified atom stereocenters. The molecule has 0 aliphatic carbocycles. The van der Waals surface area contributed by atoms with E-state index in [9.17, 15) is 4.39 Å². The molecule has 0 saturated carbocycles. The average Bonchev–Trinajstić information content (AvgIpc) is 2.05. The Labute approximate surface area is 78.1 Å². The van der Waals surface area contributed by atoms with Crippen molar-refractivity contribution < 1.29 is 14.2 Å². The molecule has 2 nitrogen and oxygen atoms in total. The third kappa shape index (κ3) is 1.76. The number of benzene rings is 1. The summed E-state index contributed by atoms with van der Waals surface area (Å²) >= 11 is 3.12. The van der Waals surface area contributed by atoms with Crippen molar-refractivity contribution in [3.63, 3.8) is 0 Å². The van der Waals surface area contributed by atoms with Crippen LogP contribution in [-0.4, -0.2) is 12.2 Å². The van der Waals surface area contributed by atoms with Crippen LogP contribution in [0.4, 0.5) is 4.39 Å². The van der Waals surface area contributed by atoms with Crippen molar-refractivity contribution in [2.75, 3.05) is 7.11 Å². The van der Waals surface area contributed by atoms with Gasteiger partial charge in [0.1, 0.15) is 0 Å². The maximum atomic E-state index is 12.9. The van der Waals surface area contributed by atoms with Crippen LogP contribution in [0, 0.1) is 5.82 Å². The van der Waals surface area contributed by atoms with Crippen LogP contribution in [0.15, 0.2) is 16.6 Å². The molecule has 1 aromatic rings. The highest BCUT2D eigenvalue weighted by Gasteiger charge is 2.07. The van der Waals surface area contributed by atoms with Gasteiger partial charge < -0.3 is 9.84 Å². The molecule has 0 atom stereocenters. The minimum absolute atomic E-state index is 0.141. The third-order valence-electron chi connectivity index (χ3n) is 1.49. The van der Waals surface area contributed by atoms with Crippen molar-refractivity contribution in [1.29, 1.82) is 0 Å². The highest BCUT2D eigenvalue weighted by Crippen LogP contribution is 2.25. The van der Waals surface area contributed by atoms with Gasteiger partial charge in [0.15, 0.2) is 11.6 Å². The molecule has 12 heavy (non-hydrogen) atoms. The molecule has 1 aromatic carbocycles. The number of aliphatic hydroxyl groups excluding tert-OH is 1. The van der Waals surface area contributed by atoms with Crippen molar-refractivity contribution in [1.82, 2.24) is 0 Å². The summed E-state index contributed by atoms with van der Waals surface area (Å²) in [6.45, 7) is -0.142. The van der Waals surface area contributed by atoms with E-state index in [2.05, 4.69) is 15.9 Å². The zero-order valence-electron chi connectivity index (χ0n) is 6.47. The zero-order valence-corrected chi connectivity index (χ0v) is 8.06. The Kier molecular flexibility index (Phi) is 3.05. The van der Waals surface area contributed by atoms with Crippen molar-refractivity contribution in [2.45, 2.75) is 6.61 Å². The smallest absolute Gasteiger partial charge is 0.166 e. The van der Waals surface area contributed by atoms with E-state index >= 15 is 0 Å². The Morgan fingerprint density at radius 3 is 2.75 bits per heavy atom. The first kappa shape index (κ1) is 9.48. The Morgan fingerprint density at radius 2 is 2.25 bits per heavy atom. The molecule has 1 N–H and O–H groups in total. The fourth-order valence-electron chi connectivity index (χ4n) is 0.849. The molecular weight excluding hydrogens is 227 g/mol. The van der Waals surface area contributed by atoms with Gasteiger partial charge in [-0.25, -0.2) is 4.39 Å². The van der Waals surface area contributed by atoms with Gasteiger partial charge in [0, 0.05) is 4.47 Å². The Morgan fingerprint density at radius 1 is 1.58 bits per heavy atom. The second kappa shape index (κ2) is 3.87. The molecular formula is C8H8BrFO2. The van der Waals surface area contributed by atoms with Gasteiger partial charge in [-0.15, -0.1) is 0 Å². The standard InChI is InChI=1S/C8H8BrFO2/c1-12-8-2-5(4-11)6(9)3-7(8)10/h2-3,11H,4H2,1H3. The van der Waals surface area contributed by atoms with E-state index in [1.165, 1.54) is 19.2 Å². The number of rotatable bonds is 2. The number of aliphatic hydroxyl groups is 1. The first-order valence-corrected chi connectivity index (χ1v) is 4.11. The lowest BCUT2D eigenvalue weighted by Gasteiger charge is -2.05. The van der Waals surface area contributed by atoms with Crippen LogP contribution < -0.4 is 4.74 Å². The van der Waals surface area contributed by atoms with E-state index in [1.54, 1.807) is 0 Å². The summed E-state index contributed by atoms with van der Waals surface area (Å²) in [6.07, 6.45) is 0. The molecule has 0 radical (unpaired) electrons. The lowest BCUT2D eigenvalue weighted by molar-refractivity contribution is 0.279. The molecule has 0 fully saturated rings. The van der Waals surface area contributed by atoms with Crippen LogP contribution in [0.2, 0.25) is 0 Å². The second-order valence-corrected chi connectivity index (χ2v) is 3.09. The largest absolute Gasteiger partial charge is 0.494 e. The van der Waals surface area contributed by atoms with E-state index in [-0.39, 0.29) is 12.4 Å². The SMILES string of the molecule is COc1cc(CO)c(Br)cc1F. The summed E-state index contributed by atoms with van der Waals surface area (Å²) in [5, 5.41) is 8.82. The van der Waals surface area contributed by atoms with Crippen molar-refractivity contribution >= 4 is 15.9 Å². The van der Waals surface area contributed by atoms with E-state index < -0.39 is 5.82 Å². The fraction of sp³-hybridized carbons (Fsp3) is 0.250. The monoisotopic (exact) mass is 234 g/mol. The lowest BCUT2D eigenvalue weighted by Crippen LogP contribution is -1.92. The van der Waals surface area contributed by atoms with E-state index in [4.69, 9.17) is 9.84 Å². The molecule has 0 bridgehead atoms. The molecule has 0 aromatic heterocycles. The summed E-state index contributed by atoms with van der Waals surface area (Å²) < 4.78 is 18.2. The maximum Gasteiger partial charge on any atom is 0.166 e. The summed E-state index contributed by atoms with van der Waals surface area (Å²) in [5.41, 5.74) is 0.605. The van der Waals surface area contributed by atoms with Gasteiger partial charge in [-0.2, -0.15) is 0 Å². The molecule has 4 heteroatoms. The number of ether oxygens (including phenoxy) is 1. The summed E-state index contributed by atoms with van der Waals surface area (Å²) in [5.74, 6) is -0.302. The summed E-state index contributed by atoms with van der Waals surface area (Å²) in [4.78, 5) is 0. The first-order valence-electron chi connectivity index (χ1n) is 3.31. The normalized spacial score (nSPS) is 10.0. The average molecular weight is 235 g/mol. The van der Waals surface area contributed by atoms with Gasteiger partial charge in [-0.3, -0.25) is 0 Å². The fourth-order valence-corrected chi connectivity index (χ4v) is 1.29. The first-order chi connectivity index (χ1) is 5.69. The van der Waals surface area contributed by atoms with Crippen LogP contribution in [0.3, 0.4) is 0 Å². The predicted molar refractivity (Wildman–Crippen MR) is 46.6 cm³/mol. The van der Waals surface area contributed by atoms with Gasteiger partial charge in [-0.1, -0.05) is 15.9 Å². The summed E-state index contributed by atoms with van der Waals surface area (Å²) in [7, 11) is 1.38. The van der Waals surface area contributed by atoms with Gasteiger partial charge >= 0.3 is 0 Å². The minimum atomic E-state index is -0.443. The molecule has 0 saturated heterocycles. The molecule has 0 aliphatic rings. The van der Waals surface area contributed by atoms with Crippen LogP contribution in [0.25, 0.3) is 0 Å². The van der Waals surface area contributed by atoms with Gasteiger partial charge in [0.05, 0.1) is 13.7 Å². The highest BCUT2D eigenvalue weighted by atomic mass is 79.9. The maximum absolute atomic E-state index is 12.9. The van der Waals surface area contributed by atoms with Gasteiger partial charge in [0.25, 0.3) is 0 Å². The zero-order chi connectivity index (χ0) is 9.14. The highest BCUT2D eigenvalue weighted by molar-refractivity contribution is 9.10. The third-order valence-corrected chi connectivity index (χ3v) is 2.23. The molecule has 66 valence electrons. The van der Waals surface area contributed by atoms with Crippen LogP contribution in [0.5, 0.6) is 5.75 Å². The number of hydrogen-bond donors (Lipinski definition) is 1. The summed E-state index contributed by atoms with van der Waals surface area (Å²) in [6, 6.07) is 2.73. The topological polar surface area (TPSA) is 29.5 Å². The minimum Gasteiger partial charge on any atom is -0.494 e. The predicted octanol–water partition coefficient (Wildman–Crippen LogP) is 2.09. The Balaban J connectivity index is 3.18. The van der Waals surface area contributed by atoms with Crippen LogP contribution in [0.1, 0.15) is 5.56 Å². The van der Waals surface area contributed by atoms with Crippen molar-refractivity contribution in [2.24, 2.45) is 0 Å². The number of hydrogen-bond acceptors (Lipinski definition) is 2. The van der Waals surface area contributed by atoms with E-state index in [0.29, 0.717) is 10.0 Å². The number of methoxy groups -OCH3 is 1. The molecule has 0 amide bonds. The quantitative estimate of drug-likeness (QED) is 0.850. The van der Waals surface area contributed by atoms with Crippen molar-refractivity contribution in [3.05, 3.63) is 28.0 Å². The second-order valence-electron chi connectivity index (χ2n) is 2.24. The Bertz CT molecular complexity index is 263. The lowest BCUT2D eigenvalue weighted by atomic mass is 10.2. The molecule has 1 rings (SSSR count). The van der Waals surface area contributed by atoms with E-state index in [1.807, 2.05) is 0 Å².